The first-order chi connectivity index (χ1) is 9.04. The lowest BCUT2D eigenvalue weighted by atomic mass is 10.0. The van der Waals surface area contributed by atoms with Crippen LogP contribution in [0.25, 0.3) is 0 Å². The SMILES string of the molecule is COC(=O)[C@H]1CCCCN1CC(=O)NCCC(C)C. The Morgan fingerprint density at radius 3 is 2.74 bits per heavy atom. The monoisotopic (exact) mass is 270 g/mol. The number of amides is 1. The van der Waals surface area contributed by atoms with Crippen molar-refractivity contribution in [3.05, 3.63) is 0 Å². The topological polar surface area (TPSA) is 58.6 Å². The molecule has 0 aromatic carbocycles. The zero-order chi connectivity index (χ0) is 14.3. The minimum absolute atomic E-state index is 0.00328. The van der Waals surface area contributed by atoms with Gasteiger partial charge in [-0.1, -0.05) is 20.3 Å². The van der Waals surface area contributed by atoms with E-state index in [4.69, 9.17) is 4.74 Å². The third kappa shape index (κ3) is 5.59. The van der Waals surface area contributed by atoms with E-state index in [1.54, 1.807) is 0 Å². The molecule has 0 unspecified atom stereocenters. The molecule has 1 aliphatic heterocycles. The molecule has 1 fully saturated rings. The Bertz CT molecular complexity index is 305. The minimum Gasteiger partial charge on any atom is -0.468 e. The molecule has 5 nitrogen and oxygen atoms in total. The van der Waals surface area contributed by atoms with Crippen LogP contribution in [0.5, 0.6) is 0 Å². The molecule has 1 N–H and O–H groups in total. The molecule has 1 atom stereocenters. The van der Waals surface area contributed by atoms with Crippen molar-refractivity contribution in [1.29, 1.82) is 0 Å². The average molecular weight is 270 g/mol. The molecule has 5 heteroatoms. The summed E-state index contributed by atoms with van der Waals surface area (Å²) in [6.45, 7) is 6.04. The van der Waals surface area contributed by atoms with E-state index in [1.165, 1.54) is 7.11 Å². The highest BCUT2D eigenvalue weighted by atomic mass is 16.5. The second-order valence-corrected chi connectivity index (χ2v) is 5.54. The van der Waals surface area contributed by atoms with Gasteiger partial charge in [-0.3, -0.25) is 14.5 Å². The maximum absolute atomic E-state index is 11.8. The standard InChI is InChI=1S/C14H26N2O3/c1-11(2)7-8-15-13(17)10-16-9-5-4-6-12(16)14(18)19-3/h11-12H,4-10H2,1-3H3,(H,15,17)/t12-/m1/s1. The summed E-state index contributed by atoms with van der Waals surface area (Å²) in [5.41, 5.74) is 0. The molecule has 0 spiro atoms. The summed E-state index contributed by atoms with van der Waals surface area (Å²) >= 11 is 0. The van der Waals surface area contributed by atoms with Gasteiger partial charge in [-0.25, -0.2) is 0 Å². The Labute approximate surface area is 115 Å². The largest absolute Gasteiger partial charge is 0.468 e. The van der Waals surface area contributed by atoms with E-state index in [0.29, 0.717) is 12.5 Å². The number of nitrogens with zero attached hydrogens (tertiary/aromatic N) is 1. The van der Waals surface area contributed by atoms with Crippen LogP contribution in [-0.2, 0) is 14.3 Å². The second kappa shape index (κ2) is 8.15. The summed E-state index contributed by atoms with van der Waals surface area (Å²) in [4.78, 5) is 25.4. The highest BCUT2D eigenvalue weighted by Gasteiger charge is 2.30. The van der Waals surface area contributed by atoms with Gasteiger partial charge in [0.2, 0.25) is 5.91 Å². The summed E-state index contributed by atoms with van der Waals surface area (Å²) in [7, 11) is 1.40. The van der Waals surface area contributed by atoms with E-state index >= 15 is 0 Å². The predicted octanol–water partition coefficient (Wildman–Crippen LogP) is 1.18. The van der Waals surface area contributed by atoms with E-state index < -0.39 is 0 Å². The lowest BCUT2D eigenvalue weighted by molar-refractivity contribution is -0.148. The average Bonchev–Trinajstić information content (AvgIpc) is 2.38. The summed E-state index contributed by atoms with van der Waals surface area (Å²) in [5, 5.41) is 2.91. The van der Waals surface area contributed by atoms with E-state index in [1.807, 2.05) is 4.90 Å². The third-order valence-corrected chi connectivity index (χ3v) is 3.48. The highest BCUT2D eigenvalue weighted by molar-refractivity contribution is 5.80. The number of carbonyl (C=O) groups is 2. The third-order valence-electron chi connectivity index (χ3n) is 3.48. The molecule has 1 heterocycles. The molecule has 1 saturated heterocycles. The van der Waals surface area contributed by atoms with Crippen molar-refractivity contribution >= 4 is 11.9 Å². The maximum Gasteiger partial charge on any atom is 0.323 e. The van der Waals surface area contributed by atoms with Crippen LogP contribution in [0.1, 0.15) is 39.5 Å². The van der Waals surface area contributed by atoms with Gasteiger partial charge in [0.15, 0.2) is 0 Å². The van der Waals surface area contributed by atoms with E-state index in [9.17, 15) is 9.59 Å². The van der Waals surface area contributed by atoms with E-state index in [-0.39, 0.29) is 24.5 Å². The highest BCUT2D eigenvalue weighted by Crippen LogP contribution is 2.17. The van der Waals surface area contributed by atoms with Crippen molar-refractivity contribution in [2.75, 3.05) is 26.7 Å². The number of likely N-dealkylation sites (tertiary alicyclic amines) is 1. The maximum atomic E-state index is 11.8. The molecule has 1 amide bonds. The zero-order valence-corrected chi connectivity index (χ0v) is 12.3. The van der Waals surface area contributed by atoms with Crippen LogP contribution < -0.4 is 5.32 Å². The predicted molar refractivity (Wildman–Crippen MR) is 73.7 cm³/mol. The number of rotatable bonds is 6. The number of esters is 1. The molecule has 0 radical (unpaired) electrons. The van der Waals surface area contributed by atoms with Crippen LogP contribution in [0.2, 0.25) is 0 Å². The van der Waals surface area contributed by atoms with Gasteiger partial charge in [-0.05, 0) is 31.7 Å². The van der Waals surface area contributed by atoms with Crippen molar-refractivity contribution in [1.82, 2.24) is 10.2 Å². The van der Waals surface area contributed by atoms with Crippen LogP contribution in [0.3, 0.4) is 0 Å². The molecular formula is C14H26N2O3. The molecule has 0 aromatic heterocycles. The number of hydrogen-bond donors (Lipinski definition) is 1. The van der Waals surface area contributed by atoms with Crippen molar-refractivity contribution in [3.63, 3.8) is 0 Å². The molecular weight excluding hydrogens is 244 g/mol. The molecule has 0 bridgehead atoms. The molecule has 19 heavy (non-hydrogen) atoms. The Morgan fingerprint density at radius 1 is 1.37 bits per heavy atom. The van der Waals surface area contributed by atoms with Crippen LogP contribution in [-0.4, -0.2) is 49.6 Å². The first kappa shape index (κ1) is 16.0. The van der Waals surface area contributed by atoms with E-state index in [0.717, 1.165) is 32.2 Å². The number of hydrogen-bond acceptors (Lipinski definition) is 4. The fourth-order valence-corrected chi connectivity index (χ4v) is 2.32. The Hall–Kier alpha value is -1.10. The summed E-state index contributed by atoms with van der Waals surface area (Å²) in [5.74, 6) is 0.351. The van der Waals surface area contributed by atoms with Crippen molar-refractivity contribution < 1.29 is 14.3 Å². The number of ether oxygens (including phenoxy) is 1. The summed E-state index contributed by atoms with van der Waals surface area (Å²) in [6, 6.07) is -0.255. The number of methoxy groups -OCH3 is 1. The van der Waals surface area contributed by atoms with Crippen LogP contribution in [0.15, 0.2) is 0 Å². The van der Waals surface area contributed by atoms with Gasteiger partial charge in [-0.2, -0.15) is 0 Å². The normalized spacial score (nSPS) is 20.3. The first-order valence-corrected chi connectivity index (χ1v) is 7.13. The number of nitrogens with one attached hydrogen (secondary N) is 1. The zero-order valence-electron chi connectivity index (χ0n) is 12.3. The van der Waals surface area contributed by atoms with E-state index in [2.05, 4.69) is 19.2 Å². The Morgan fingerprint density at radius 2 is 2.11 bits per heavy atom. The van der Waals surface area contributed by atoms with Gasteiger partial charge >= 0.3 is 5.97 Å². The van der Waals surface area contributed by atoms with Gasteiger partial charge in [0.05, 0.1) is 13.7 Å². The molecule has 110 valence electrons. The number of carbonyl (C=O) groups excluding carboxylic acids is 2. The second-order valence-electron chi connectivity index (χ2n) is 5.54. The van der Waals surface area contributed by atoms with Gasteiger partial charge in [0, 0.05) is 6.54 Å². The Kier molecular flexibility index (Phi) is 6.84. The van der Waals surface area contributed by atoms with Crippen molar-refractivity contribution in [3.8, 4) is 0 Å². The van der Waals surface area contributed by atoms with Gasteiger partial charge in [0.25, 0.3) is 0 Å². The van der Waals surface area contributed by atoms with Gasteiger partial charge in [0.1, 0.15) is 6.04 Å². The van der Waals surface area contributed by atoms with Gasteiger partial charge < -0.3 is 10.1 Å². The quantitative estimate of drug-likeness (QED) is 0.736. The van der Waals surface area contributed by atoms with Crippen LogP contribution in [0, 0.1) is 5.92 Å². The summed E-state index contributed by atoms with van der Waals surface area (Å²) < 4.78 is 4.80. The fourth-order valence-electron chi connectivity index (χ4n) is 2.32. The van der Waals surface area contributed by atoms with Crippen molar-refractivity contribution in [2.45, 2.75) is 45.6 Å². The Balaban J connectivity index is 2.39. The van der Waals surface area contributed by atoms with Crippen molar-refractivity contribution in [2.24, 2.45) is 5.92 Å². The van der Waals surface area contributed by atoms with Crippen LogP contribution >= 0.6 is 0 Å². The molecule has 1 aliphatic rings. The molecule has 0 aromatic rings. The number of piperidine rings is 1. The first-order valence-electron chi connectivity index (χ1n) is 7.13. The van der Waals surface area contributed by atoms with Gasteiger partial charge in [-0.15, -0.1) is 0 Å². The lowest BCUT2D eigenvalue weighted by Crippen LogP contribution is -2.49. The fraction of sp³-hybridized carbons (Fsp3) is 0.857. The smallest absolute Gasteiger partial charge is 0.323 e. The lowest BCUT2D eigenvalue weighted by Gasteiger charge is -2.33. The minimum atomic E-state index is -0.255. The van der Waals surface area contributed by atoms with Crippen LogP contribution in [0.4, 0.5) is 0 Å². The molecule has 0 aliphatic carbocycles. The summed E-state index contributed by atoms with van der Waals surface area (Å²) in [6.07, 6.45) is 3.82. The molecule has 1 rings (SSSR count). The molecule has 0 saturated carbocycles.